The van der Waals surface area contributed by atoms with Crippen LogP contribution in [0.3, 0.4) is 0 Å². The van der Waals surface area contributed by atoms with E-state index in [9.17, 15) is 4.39 Å². The quantitative estimate of drug-likeness (QED) is 0.497. The number of aromatic nitrogens is 5. The highest BCUT2D eigenvalue weighted by Crippen LogP contribution is 2.37. The average Bonchev–Trinajstić information content (AvgIpc) is 3.33. The Bertz CT molecular complexity index is 1290. The van der Waals surface area contributed by atoms with E-state index in [1.165, 1.54) is 12.1 Å². The van der Waals surface area contributed by atoms with Gasteiger partial charge < -0.3 is 15.0 Å². The molecule has 158 valence electrons. The van der Waals surface area contributed by atoms with E-state index in [4.69, 9.17) is 10.5 Å². The fourth-order valence-electron chi connectivity index (χ4n) is 4.17. The number of halogens is 1. The van der Waals surface area contributed by atoms with Crippen LogP contribution in [0.5, 0.6) is 5.75 Å². The van der Waals surface area contributed by atoms with Crippen LogP contribution in [0.1, 0.15) is 36.8 Å². The number of hydrogen-bond acceptors (Lipinski definition) is 5. The lowest BCUT2D eigenvalue weighted by Gasteiger charge is -2.22. The third kappa shape index (κ3) is 3.15. The molecule has 2 bridgehead atoms. The van der Waals surface area contributed by atoms with E-state index in [2.05, 4.69) is 19.6 Å². The number of ether oxygens (including phenoxy) is 1. The van der Waals surface area contributed by atoms with Crippen molar-refractivity contribution in [3.8, 4) is 28.4 Å². The predicted octanol–water partition coefficient (Wildman–Crippen LogP) is 4.36. The first kappa shape index (κ1) is 19.3. The molecule has 2 N–H and O–H groups in total. The molecule has 0 unspecified atom stereocenters. The maximum atomic E-state index is 14.2. The van der Waals surface area contributed by atoms with Crippen LogP contribution in [0, 0.1) is 12.7 Å². The predicted molar refractivity (Wildman–Crippen MR) is 116 cm³/mol. The van der Waals surface area contributed by atoms with Crippen molar-refractivity contribution in [3.63, 3.8) is 0 Å². The minimum absolute atomic E-state index is 0.284. The molecular weight excluding hydrogens is 395 g/mol. The number of rotatable bonds is 1. The number of nitrogens with two attached hydrogens (primary N) is 1. The summed E-state index contributed by atoms with van der Waals surface area (Å²) in [5, 5.41) is 4.57. The lowest BCUT2D eigenvalue weighted by atomic mass is 10.0. The van der Waals surface area contributed by atoms with Gasteiger partial charge in [-0.1, -0.05) is 0 Å². The van der Waals surface area contributed by atoms with Crippen molar-refractivity contribution in [2.45, 2.75) is 40.0 Å². The first-order valence-electron chi connectivity index (χ1n) is 10.3. The van der Waals surface area contributed by atoms with Crippen molar-refractivity contribution in [2.75, 3.05) is 5.73 Å². The zero-order chi connectivity index (χ0) is 21.7. The van der Waals surface area contributed by atoms with Gasteiger partial charge in [-0.25, -0.2) is 14.4 Å². The van der Waals surface area contributed by atoms with Crippen LogP contribution in [-0.4, -0.2) is 24.3 Å². The Morgan fingerprint density at radius 2 is 2.03 bits per heavy atom. The van der Waals surface area contributed by atoms with Crippen LogP contribution in [0.4, 0.5) is 10.2 Å². The van der Waals surface area contributed by atoms with Crippen LogP contribution >= 0.6 is 0 Å². The van der Waals surface area contributed by atoms with Crippen LogP contribution in [-0.2, 0) is 13.1 Å². The molecule has 1 atom stereocenters. The first-order chi connectivity index (χ1) is 15.0. The number of imidazole rings is 1. The molecule has 4 aromatic rings. The van der Waals surface area contributed by atoms with E-state index < -0.39 is 6.10 Å². The second kappa shape index (κ2) is 7.23. The van der Waals surface area contributed by atoms with Gasteiger partial charge in [0.25, 0.3) is 0 Å². The summed E-state index contributed by atoms with van der Waals surface area (Å²) in [6, 6.07) is 6.58. The van der Waals surface area contributed by atoms with E-state index >= 15 is 0 Å². The maximum absolute atomic E-state index is 14.2. The number of hydrogen-bond donors (Lipinski definition) is 1. The van der Waals surface area contributed by atoms with Gasteiger partial charge in [0.1, 0.15) is 17.7 Å². The standard InChI is InChI=1S/C23H23FN6O/c1-4-30-21-15-7-20(22(25)26-10-15)31-14(3)19-8-17(24)5-6-18(19)23-27-9-13(2)29(23)12-16(21)11-28-30/h5-11,14H,4,12H2,1-3H3,(H2,25,26)/t14-/m1/s1. The number of aryl methyl sites for hydroxylation is 2. The lowest BCUT2D eigenvalue weighted by molar-refractivity contribution is 0.227. The Labute approximate surface area is 179 Å². The van der Waals surface area contributed by atoms with Crippen molar-refractivity contribution in [2.24, 2.45) is 0 Å². The van der Waals surface area contributed by atoms with Crippen LogP contribution in [0.25, 0.3) is 22.6 Å². The minimum atomic E-state index is -0.467. The Balaban J connectivity index is 1.82. The van der Waals surface area contributed by atoms with E-state index in [1.54, 1.807) is 12.3 Å². The van der Waals surface area contributed by atoms with Gasteiger partial charge in [-0.05, 0) is 45.0 Å². The van der Waals surface area contributed by atoms with Gasteiger partial charge in [-0.3, -0.25) is 4.68 Å². The van der Waals surface area contributed by atoms with Crippen LogP contribution in [0.2, 0.25) is 0 Å². The molecular formula is C23H23FN6O. The number of benzene rings is 1. The summed E-state index contributed by atoms with van der Waals surface area (Å²) >= 11 is 0. The maximum Gasteiger partial charge on any atom is 0.166 e. The minimum Gasteiger partial charge on any atom is -0.482 e. The molecule has 0 spiro atoms. The van der Waals surface area contributed by atoms with Crippen molar-refractivity contribution in [1.82, 2.24) is 24.3 Å². The monoisotopic (exact) mass is 418 g/mol. The third-order valence-electron chi connectivity index (χ3n) is 5.75. The molecule has 3 aromatic heterocycles. The van der Waals surface area contributed by atoms with Gasteiger partial charge in [-0.2, -0.15) is 5.10 Å². The van der Waals surface area contributed by atoms with Crippen LogP contribution in [0.15, 0.2) is 42.9 Å². The number of fused-ring (bicyclic) bond motifs is 7. The summed E-state index contributed by atoms with van der Waals surface area (Å²) in [4.78, 5) is 9.02. The molecule has 0 saturated heterocycles. The summed E-state index contributed by atoms with van der Waals surface area (Å²) in [6.07, 6.45) is 4.97. The van der Waals surface area contributed by atoms with E-state index in [-0.39, 0.29) is 11.6 Å². The number of nitrogen functional groups attached to an aromatic ring is 1. The molecule has 4 heterocycles. The molecule has 1 aliphatic rings. The normalized spacial score (nSPS) is 15.2. The number of anilines is 1. The SMILES string of the molecule is CCn1ncc2c1-c1cnc(N)c(c1)O[C@H](C)c1cc(F)ccc1-c1ncc(C)n1C2. The zero-order valence-corrected chi connectivity index (χ0v) is 17.6. The van der Waals surface area contributed by atoms with Gasteiger partial charge >= 0.3 is 0 Å². The highest BCUT2D eigenvalue weighted by Gasteiger charge is 2.23. The molecule has 0 aliphatic carbocycles. The lowest BCUT2D eigenvalue weighted by Crippen LogP contribution is -2.12. The number of nitrogens with zero attached hydrogens (tertiary/aromatic N) is 5. The summed E-state index contributed by atoms with van der Waals surface area (Å²) in [5.41, 5.74) is 11.5. The largest absolute Gasteiger partial charge is 0.482 e. The van der Waals surface area contributed by atoms with Crippen molar-refractivity contribution in [3.05, 3.63) is 65.5 Å². The van der Waals surface area contributed by atoms with Crippen molar-refractivity contribution in [1.29, 1.82) is 0 Å². The molecule has 1 aromatic carbocycles. The molecule has 7 nitrogen and oxygen atoms in total. The molecule has 0 fully saturated rings. The van der Waals surface area contributed by atoms with Gasteiger partial charge in [0.05, 0.1) is 18.4 Å². The first-order valence-corrected chi connectivity index (χ1v) is 10.3. The fourth-order valence-corrected chi connectivity index (χ4v) is 4.17. The smallest absolute Gasteiger partial charge is 0.166 e. The Hall–Kier alpha value is -3.68. The molecule has 8 heteroatoms. The molecule has 1 aliphatic heterocycles. The summed E-state index contributed by atoms with van der Waals surface area (Å²) in [5.74, 6) is 1.16. The Kier molecular flexibility index (Phi) is 4.50. The third-order valence-corrected chi connectivity index (χ3v) is 5.75. The van der Waals surface area contributed by atoms with Gasteiger partial charge in [-0.15, -0.1) is 0 Å². The van der Waals surface area contributed by atoms with Crippen molar-refractivity contribution < 1.29 is 9.13 Å². The summed E-state index contributed by atoms with van der Waals surface area (Å²) in [7, 11) is 0. The second-order valence-corrected chi connectivity index (χ2v) is 7.74. The molecule has 0 amide bonds. The van der Waals surface area contributed by atoms with Crippen LogP contribution < -0.4 is 10.5 Å². The second-order valence-electron chi connectivity index (χ2n) is 7.74. The number of pyridine rings is 1. The Morgan fingerprint density at radius 1 is 1.19 bits per heavy atom. The molecule has 31 heavy (non-hydrogen) atoms. The highest BCUT2D eigenvalue weighted by molar-refractivity contribution is 5.68. The van der Waals surface area contributed by atoms with Crippen molar-refractivity contribution >= 4 is 5.82 Å². The van der Waals surface area contributed by atoms with Gasteiger partial charge in [0.2, 0.25) is 0 Å². The van der Waals surface area contributed by atoms with E-state index in [0.29, 0.717) is 24.4 Å². The van der Waals surface area contributed by atoms with Gasteiger partial charge in [0.15, 0.2) is 11.6 Å². The summed E-state index contributed by atoms with van der Waals surface area (Å²) in [6.45, 7) is 7.22. The summed E-state index contributed by atoms with van der Waals surface area (Å²) < 4.78 is 24.5. The molecule has 5 rings (SSSR count). The highest BCUT2D eigenvalue weighted by atomic mass is 19.1. The Morgan fingerprint density at radius 3 is 2.84 bits per heavy atom. The van der Waals surface area contributed by atoms with E-state index in [0.717, 1.165) is 33.9 Å². The topological polar surface area (TPSA) is 83.8 Å². The molecule has 0 saturated carbocycles. The zero-order valence-electron chi connectivity index (χ0n) is 17.6. The average molecular weight is 418 g/mol. The van der Waals surface area contributed by atoms with Gasteiger partial charge in [0, 0.05) is 46.9 Å². The fraction of sp³-hybridized carbons (Fsp3) is 0.261. The van der Waals surface area contributed by atoms with E-state index in [1.807, 2.05) is 43.9 Å². The molecule has 0 radical (unpaired) electrons.